The van der Waals surface area contributed by atoms with Crippen LogP contribution in [-0.4, -0.2) is 17.1 Å². The average Bonchev–Trinajstić information content (AvgIpc) is 2.84. The Bertz CT molecular complexity index is 602. The van der Waals surface area contributed by atoms with E-state index in [0.717, 1.165) is 5.69 Å². The molecular formula is C16H21N3O2. The predicted octanol–water partition coefficient (Wildman–Crippen LogP) is 3.55. The van der Waals surface area contributed by atoms with Crippen molar-refractivity contribution < 1.29 is 9.32 Å². The molecule has 0 aliphatic rings. The van der Waals surface area contributed by atoms with Gasteiger partial charge in [-0.15, -0.1) is 0 Å². The van der Waals surface area contributed by atoms with Crippen LogP contribution in [0.3, 0.4) is 0 Å². The average molecular weight is 287 g/mol. The Kier molecular flexibility index (Phi) is 4.62. The fourth-order valence-electron chi connectivity index (χ4n) is 1.94. The second kappa shape index (κ2) is 6.43. The van der Waals surface area contributed by atoms with Gasteiger partial charge in [-0.3, -0.25) is 4.79 Å². The van der Waals surface area contributed by atoms with Crippen LogP contribution < -0.4 is 10.6 Å². The van der Waals surface area contributed by atoms with E-state index in [2.05, 4.69) is 41.8 Å². The molecule has 0 radical (unpaired) electrons. The lowest BCUT2D eigenvalue weighted by molar-refractivity contribution is -0.116. The number of hydrogen-bond donors (Lipinski definition) is 2. The molecule has 21 heavy (non-hydrogen) atoms. The van der Waals surface area contributed by atoms with Gasteiger partial charge in [0.05, 0.1) is 0 Å². The lowest BCUT2D eigenvalue weighted by Gasteiger charge is -2.15. The van der Waals surface area contributed by atoms with Gasteiger partial charge in [-0.1, -0.05) is 31.1 Å². The monoisotopic (exact) mass is 287 g/mol. The molecule has 5 nitrogen and oxygen atoms in total. The van der Waals surface area contributed by atoms with E-state index in [-0.39, 0.29) is 11.9 Å². The Balaban J connectivity index is 1.93. The second-order valence-electron chi connectivity index (χ2n) is 5.45. The largest absolute Gasteiger partial charge is 0.374 e. The maximum absolute atomic E-state index is 12.0. The summed E-state index contributed by atoms with van der Waals surface area (Å²) < 4.78 is 4.91. The van der Waals surface area contributed by atoms with Crippen molar-refractivity contribution in [3.8, 4) is 0 Å². The quantitative estimate of drug-likeness (QED) is 0.882. The highest BCUT2D eigenvalue weighted by Gasteiger charge is 2.14. The van der Waals surface area contributed by atoms with E-state index >= 15 is 0 Å². The molecule has 0 bridgehead atoms. The van der Waals surface area contributed by atoms with Crippen LogP contribution in [0.4, 0.5) is 11.5 Å². The van der Waals surface area contributed by atoms with Crippen LogP contribution in [0.2, 0.25) is 0 Å². The number of nitrogens with one attached hydrogen (secondary N) is 2. The van der Waals surface area contributed by atoms with Crippen molar-refractivity contribution in [3.05, 3.63) is 41.7 Å². The molecule has 1 unspecified atom stereocenters. The first-order chi connectivity index (χ1) is 9.95. The van der Waals surface area contributed by atoms with Gasteiger partial charge in [0.25, 0.3) is 0 Å². The first-order valence-electron chi connectivity index (χ1n) is 7.06. The highest BCUT2D eigenvalue weighted by atomic mass is 16.5. The fourth-order valence-corrected chi connectivity index (χ4v) is 1.94. The van der Waals surface area contributed by atoms with Gasteiger partial charge in [-0.2, -0.15) is 0 Å². The van der Waals surface area contributed by atoms with Crippen molar-refractivity contribution in [3.63, 3.8) is 0 Å². The second-order valence-corrected chi connectivity index (χ2v) is 5.45. The Hall–Kier alpha value is -2.30. The molecule has 0 spiro atoms. The van der Waals surface area contributed by atoms with Crippen molar-refractivity contribution in [2.45, 2.75) is 39.7 Å². The summed E-state index contributed by atoms with van der Waals surface area (Å²) in [6, 6.07) is 9.42. The Morgan fingerprint density at radius 1 is 1.19 bits per heavy atom. The molecule has 1 amide bonds. The minimum absolute atomic E-state index is 0.156. The van der Waals surface area contributed by atoms with Gasteiger partial charge in [-0.05, 0) is 37.5 Å². The normalized spacial score (nSPS) is 12.2. The summed E-state index contributed by atoms with van der Waals surface area (Å²) in [6.07, 6.45) is 0. The highest BCUT2D eigenvalue weighted by Crippen LogP contribution is 2.18. The molecule has 0 fully saturated rings. The molecule has 2 rings (SSSR count). The van der Waals surface area contributed by atoms with Crippen molar-refractivity contribution >= 4 is 17.4 Å². The molecule has 1 aromatic carbocycles. The minimum Gasteiger partial charge on any atom is -0.374 e. The molecule has 1 atom stereocenters. The van der Waals surface area contributed by atoms with Gasteiger partial charge in [0.15, 0.2) is 5.82 Å². The molecule has 1 heterocycles. The highest BCUT2D eigenvalue weighted by molar-refractivity contribution is 5.95. The minimum atomic E-state index is -0.369. The van der Waals surface area contributed by atoms with Crippen LogP contribution in [0.1, 0.15) is 38.0 Å². The lowest BCUT2D eigenvalue weighted by Crippen LogP contribution is -2.31. The Morgan fingerprint density at radius 3 is 2.38 bits per heavy atom. The summed E-state index contributed by atoms with van der Waals surface area (Å²) in [4.78, 5) is 12.0. The molecule has 0 saturated heterocycles. The van der Waals surface area contributed by atoms with Crippen LogP contribution in [-0.2, 0) is 4.79 Å². The number of carbonyl (C=O) groups excluding carboxylic acids is 1. The lowest BCUT2D eigenvalue weighted by atomic mass is 10.0. The molecular weight excluding hydrogens is 266 g/mol. The predicted molar refractivity (Wildman–Crippen MR) is 83.5 cm³/mol. The first-order valence-corrected chi connectivity index (χ1v) is 7.06. The third-order valence-corrected chi connectivity index (χ3v) is 3.23. The molecule has 0 saturated carbocycles. The van der Waals surface area contributed by atoms with Crippen molar-refractivity contribution in [1.29, 1.82) is 0 Å². The first kappa shape index (κ1) is 15.1. The fraction of sp³-hybridized carbons (Fsp3) is 0.375. The van der Waals surface area contributed by atoms with E-state index in [0.29, 0.717) is 17.5 Å². The number of rotatable bonds is 5. The third-order valence-electron chi connectivity index (χ3n) is 3.23. The summed E-state index contributed by atoms with van der Waals surface area (Å²) in [7, 11) is 0. The van der Waals surface area contributed by atoms with Crippen LogP contribution in [0.5, 0.6) is 0 Å². The third kappa shape index (κ3) is 4.08. The number of aromatic nitrogens is 1. The summed E-state index contributed by atoms with van der Waals surface area (Å²) >= 11 is 0. The van der Waals surface area contributed by atoms with Crippen molar-refractivity contribution in [2.75, 3.05) is 10.6 Å². The smallest absolute Gasteiger partial charge is 0.247 e. The van der Waals surface area contributed by atoms with Crippen LogP contribution in [0.15, 0.2) is 34.9 Å². The topological polar surface area (TPSA) is 67.2 Å². The van der Waals surface area contributed by atoms with E-state index in [1.54, 1.807) is 19.9 Å². The van der Waals surface area contributed by atoms with Gasteiger partial charge in [0.2, 0.25) is 5.91 Å². The van der Waals surface area contributed by atoms with E-state index in [1.165, 1.54) is 5.56 Å². The van der Waals surface area contributed by atoms with Crippen molar-refractivity contribution in [1.82, 2.24) is 5.16 Å². The molecule has 112 valence electrons. The van der Waals surface area contributed by atoms with E-state index < -0.39 is 0 Å². The molecule has 5 heteroatoms. The summed E-state index contributed by atoms with van der Waals surface area (Å²) in [5.74, 6) is 1.43. The standard InChI is InChI=1S/C16H21N3O2/c1-10(2)13-5-7-14(8-6-13)17-12(4)16(20)18-15-9-11(3)21-19-15/h5-10,12,17H,1-4H3,(H,18,19,20). The van der Waals surface area contributed by atoms with Crippen molar-refractivity contribution in [2.24, 2.45) is 0 Å². The van der Waals surface area contributed by atoms with Gasteiger partial charge >= 0.3 is 0 Å². The number of hydrogen-bond acceptors (Lipinski definition) is 4. The number of aryl methyl sites for hydroxylation is 1. The molecule has 0 aliphatic heterocycles. The van der Waals surface area contributed by atoms with E-state index in [4.69, 9.17) is 4.52 Å². The van der Waals surface area contributed by atoms with Crippen LogP contribution >= 0.6 is 0 Å². The Labute approximate surface area is 124 Å². The number of anilines is 2. The molecule has 2 aromatic rings. The maximum Gasteiger partial charge on any atom is 0.247 e. The van der Waals surface area contributed by atoms with Gasteiger partial charge in [0, 0.05) is 11.8 Å². The zero-order chi connectivity index (χ0) is 15.4. The van der Waals surface area contributed by atoms with Gasteiger partial charge in [0.1, 0.15) is 11.8 Å². The van der Waals surface area contributed by atoms with Crippen LogP contribution in [0, 0.1) is 6.92 Å². The van der Waals surface area contributed by atoms with Gasteiger partial charge in [-0.25, -0.2) is 0 Å². The van der Waals surface area contributed by atoms with Crippen LogP contribution in [0.25, 0.3) is 0 Å². The Morgan fingerprint density at radius 2 is 1.86 bits per heavy atom. The number of amides is 1. The summed E-state index contributed by atoms with van der Waals surface area (Å²) in [5, 5.41) is 9.61. The number of benzene rings is 1. The van der Waals surface area contributed by atoms with Gasteiger partial charge < -0.3 is 15.2 Å². The molecule has 1 aromatic heterocycles. The molecule has 0 aliphatic carbocycles. The number of carbonyl (C=O) groups is 1. The zero-order valence-corrected chi connectivity index (χ0v) is 12.8. The van der Waals surface area contributed by atoms with E-state index in [9.17, 15) is 4.79 Å². The molecule has 2 N–H and O–H groups in total. The SMILES string of the molecule is Cc1cc(NC(=O)C(C)Nc2ccc(C(C)C)cc2)no1. The maximum atomic E-state index is 12.0. The summed E-state index contributed by atoms with van der Waals surface area (Å²) in [6.45, 7) is 7.88. The zero-order valence-electron chi connectivity index (χ0n) is 12.8. The number of nitrogens with zero attached hydrogens (tertiary/aromatic N) is 1. The van der Waals surface area contributed by atoms with E-state index in [1.807, 2.05) is 12.1 Å². The summed E-state index contributed by atoms with van der Waals surface area (Å²) in [5.41, 5.74) is 2.19.